The Morgan fingerprint density at radius 3 is 1.64 bits per heavy atom. The van der Waals surface area contributed by atoms with Crippen LogP contribution in [-0.2, 0) is 19.1 Å². The molecule has 1 rings (SSSR count). The van der Waals surface area contributed by atoms with Gasteiger partial charge in [0.15, 0.2) is 5.92 Å². The maximum Gasteiger partial charge on any atom is 0.325 e. The highest BCUT2D eigenvalue weighted by molar-refractivity contribution is 6.01. The van der Waals surface area contributed by atoms with Crippen LogP contribution in [0.15, 0.2) is 24.3 Å². The van der Waals surface area contributed by atoms with Crippen molar-refractivity contribution in [3.63, 3.8) is 0 Å². The molecule has 0 heterocycles. The van der Waals surface area contributed by atoms with Crippen molar-refractivity contribution in [1.82, 2.24) is 0 Å². The fourth-order valence-corrected chi connectivity index (χ4v) is 1.98. The van der Waals surface area contributed by atoms with Gasteiger partial charge in [-0.05, 0) is 59.6 Å². The molecule has 0 atom stereocenters. The highest BCUT2D eigenvalue weighted by Crippen LogP contribution is 2.26. The Balaban J connectivity index is 3.19. The zero-order valence-electron chi connectivity index (χ0n) is 14.5. The molecule has 0 aliphatic carbocycles. The van der Waals surface area contributed by atoms with E-state index >= 15 is 0 Å². The van der Waals surface area contributed by atoms with E-state index in [9.17, 15) is 9.59 Å². The number of benzene rings is 1. The lowest BCUT2D eigenvalue weighted by Gasteiger charge is -2.27. The van der Waals surface area contributed by atoms with E-state index in [0.29, 0.717) is 5.56 Å². The normalized spacial score (nSPS) is 12.2. The Morgan fingerprint density at radius 1 is 0.864 bits per heavy atom. The molecule has 122 valence electrons. The van der Waals surface area contributed by atoms with Gasteiger partial charge in [-0.3, -0.25) is 9.59 Å². The van der Waals surface area contributed by atoms with Crippen LogP contribution in [0.1, 0.15) is 58.6 Å². The van der Waals surface area contributed by atoms with Gasteiger partial charge in [-0.25, -0.2) is 0 Å². The van der Waals surface area contributed by atoms with E-state index in [-0.39, 0.29) is 0 Å². The minimum absolute atomic E-state index is 0.587. The first kappa shape index (κ1) is 18.2. The number of hydrogen-bond acceptors (Lipinski definition) is 4. The number of ether oxygens (including phenoxy) is 2. The van der Waals surface area contributed by atoms with Crippen molar-refractivity contribution in [3.8, 4) is 0 Å². The number of carbonyl (C=O) groups is 2. The summed E-state index contributed by atoms with van der Waals surface area (Å²) in [7, 11) is 0. The maximum absolute atomic E-state index is 12.5. The SMILES string of the molecule is Cc1ccccc1C(C(=O)OC(C)(C)C)C(=O)OC(C)(C)C. The van der Waals surface area contributed by atoms with Crippen molar-refractivity contribution < 1.29 is 19.1 Å². The van der Waals surface area contributed by atoms with Gasteiger partial charge in [0.25, 0.3) is 0 Å². The number of esters is 2. The van der Waals surface area contributed by atoms with Gasteiger partial charge in [-0.15, -0.1) is 0 Å². The van der Waals surface area contributed by atoms with E-state index in [1.165, 1.54) is 0 Å². The molecule has 0 N–H and O–H groups in total. The van der Waals surface area contributed by atoms with E-state index in [1.54, 1.807) is 53.7 Å². The first-order chi connectivity index (χ1) is 9.91. The molecule has 22 heavy (non-hydrogen) atoms. The first-order valence-corrected chi connectivity index (χ1v) is 7.42. The molecule has 4 heteroatoms. The first-order valence-electron chi connectivity index (χ1n) is 7.42. The molecule has 0 aliphatic heterocycles. The molecule has 0 aromatic heterocycles. The Kier molecular flexibility index (Phi) is 5.39. The predicted molar refractivity (Wildman–Crippen MR) is 85.6 cm³/mol. The van der Waals surface area contributed by atoms with Crippen LogP contribution in [0, 0.1) is 6.92 Å². The number of hydrogen-bond donors (Lipinski definition) is 0. The molecule has 0 unspecified atom stereocenters. The molecule has 0 amide bonds. The summed E-state index contributed by atoms with van der Waals surface area (Å²) >= 11 is 0. The van der Waals surface area contributed by atoms with Gasteiger partial charge in [-0.2, -0.15) is 0 Å². The molecule has 4 nitrogen and oxygen atoms in total. The highest BCUT2D eigenvalue weighted by atomic mass is 16.6. The molecular formula is C18H26O4. The van der Waals surface area contributed by atoms with Crippen LogP contribution < -0.4 is 0 Å². The Morgan fingerprint density at radius 2 is 1.27 bits per heavy atom. The summed E-state index contributed by atoms with van der Waals surface area (Å²) in [6, 6.07) is 7.27. The molecule has 0 spiro atoms. The van der Waals surface area contributed by atoms with Crippen molar-refractivity contribution in [2.75, 3.05) is 0 Å². The smallest absolute Gasteiger partial charge is 0.325 e. The fraction of sp³-hybridized carbons (Fsp3) is 0.556. The summed E-state index contributed by atoms with van der Waals surface area (Å²) in [6.45, 7) is 12.5. The van der Waals surface area contributed by atoms with Gasteiger partial charge < -0.3 is 9.47 Å². The number of aryl methyl sites for hydroxylation is 1. The van der Waals surface area contributed by atoms with Crippen LogP contribution >= 0.6 is 0 Å². The van der Waals surface area contributed by atoms with Crippen molar-refractivity contribution in [2.45, 2.75) is 65.6 Å². The zero-order chi connectivity index (χ0) is 17.1. The lowest BCUT2D eigenvalue weighted by atomic mass is 9.94. The minimum atomic E-state index is -1.07. The molecule has 0 saturated heterocycles. The average molecular weight is 306 g/mol. The number of rotatable bonds is 3. The summed E-state index contributed by atoms with van der Waals surface area (Å²) in [4.78, 5) is 25.0. The zero-order valence-corrected chi connectivity index (χ0v) is 14.5. The van der Waals surface area contributed by atoms with E-state index in [1.807, 2.05) is 19.1 Å². The van der Waals surface area contributed by atoms with E-state index in [4.69, 9.17) is 9.47 Å². The van der Waals surface area contributed by atoms with Gasteiger partial charge in [-0.1, -0.05) is 24.3 Å². The van der Waals surface area contributed by atoms with Gasteiger partial charge in [0.2, 0.25) is 0 Å². The minimum Gasteiger partial charge on any atom is -0.459 e. The van der Waals surface area contributed by atoms with Crippen molar-refractivity contribution >= 4 is 11.9 Å². The molecule has 0 saturated carbocycles. The second kappa shape index (κ2) is 6.51. The fourth-order valence-electron chi connectivity index (χ4n) is 1.98. The predicted octanol–water partition coefficient (Wildman–Crippen LogP) is 3.76. The third-order valence-electron chi connectivity index (χ3n) is 2.78. The van der Waals surface area contributed by atoms with E-state index in [2.05, 4.69) is 0 Å². The molecule has 1 aromatic rings. The third kappa shape index (κ3) is 5.51. The highest BCUT2D eigenvalue weighted by Gasteiger charge is 2.36. The monoisotopic (exact) mass is 306 g/mol. The molecule has 0 fully saturated rings. The summed E-state index contributed by atoms with van der Waals surface area (Å²) in [6.07, 6.45) is 0. The largest absolute Gasteiger partial charge is 0.459 e. The van der Waals surface area contributed by atoms with Crippen LogP contribution in [0.4, 0.5) is 0 Å². The maximum atomic E-state index is 12.5. The lowest BCUT2D eigenvalue weighted by molar-refractivity contribution is -0.169. The number of carbonyl (C=O) groups excluding carboxylic acids is 2. The Labute approximate surface area is 132 Å². The van der Waals surface area contributed by atoms with Crippen LogP contribution in [0.3, 0.4) is 0 Å². The summed E-state index contributed by atoms with van der Waals surface area (Å²) in [5.41, 5.74) is 0.135. The van der Waals surface area contributed by atoms with Crippen molar-refractivity contribution in [3.05, 3.63) is 35.4 Å². The Hall–Kier alpha value is -1.84. The summed E-state index contributed by atoms with van der Waals surface area (Å²) < 4.78 is 10.8. The lowest BCUT2D eigenvalue weighted by Crippen LogP contribution is -2.35. The summed E-state index contributed by atoms with van der Waals surface area (Å²) in [5.74, 6) is -2.24. The van der Waals surface area contributed by atoms with E-state index < -0.39 is 29.1 Å². The summed E-state index contributed by atoms with van der Waals surface area (Å²) in [5, 5.41) is 0. The quantitative estimate of drug-likeness (QED) is 0.630. The Bertz CT molecular complexity index is 519. The van der Waals surface area contributed by atoms with E-state index in [0.717, 1.165) is 5.56 Å². The van der Waals surface area contributed by atoms with Gasteiger partial charge >= 0.3 is 11.9 Å². The second-order valence-electron chi connectivity index (χ2n) is 7.36. The molecular weight excluding hydrogens is 280 g/mol. The van der Waals surface area contributed by atoms with Gasteiger partial charge in [0, 0.05) is 0 Å². The second-order valence-corrected chi connectivity index (χ2v) is 7.36. The average Bonchev–Trinajstić information content (AvgIpc) is 2.27. The topological polar surface area (TPSA) is 52.6 Å². The molecule has 0 bridgehead atoms. The van der Waals surface area contributed by atoms with Crippen LogP contribution in [0.5, 0.6) is 0 Å². The van der Waals surface area contributed by atoms with Crippen molar-refractivity contribution in [1.29, 1.82) is 0 Å². The van der Waals surface area contributed by atoms with Crippen LogP contribution in [0.2, 0.25) is 0 Å². The standard InChI is InChI=1S/C18H26O4/c1-12-10-8-9-11-13(12)14(15(19)21-17(2,3)4)16(20)22-18(5,6)7/h8-11,14H,1-7H3. The van der Waals surface area contributed by atoms with Crippen LogP contribution in [0.25, 0.3) is 0 Å². The van der Waals surface area contributed by atoms with Gasteiger partial charge in [0.1, 0.15) is 11.2 Å². The molecule has 1 aromatic carbocycles. The van der Waals surface area contributed by atoms with Crippen molar-refractivity contribution in [2.24, 2.45) is 0 Å². The molecule has 0 radical (unpaired) electrons. The van der Waals surface area contributed by atoms with Crippen LogP contribution in [-0.4, -0.2) is 23.1 Å². The molecule has 0 aliphatic rings. The third-order valence-corrected chi connectivity index (χ3v) is 2.78. The van der Waals surface area contributed by atoms with Gasteiger partial charge in [0.05, 0.1) is 0 Å².